The van der Waals surface area contributed by atoms with E-state index in [-0.39, 0.29) is 5.78 Å². The maximum atomic E-state index is 12.9. The summed E-state index contributed by atoms with van der Waals surface area (Å²) in [6.45, 7) is 4.12. The molecule has 0 aromatic rings. The highest BCUT2D eigenvalue weighted by Gasteiger charge is 2.25. The van der Waals surface area contributed by atoms with Crippen LogP contribution in [0.5, 0.6) is 0 Å². The maximum absolute atomic E-state index is 12.9. The molecule has 3 heteroatoms. The predicted molar refractivity (Wildman–Crippen MR) is 45.9 cm³/mol. The molecular formula is C9H16FNO. The third-order valence-electron chi connectivity index (χ3n) is 2.27. The molecule has 1 fully saturated rings. The number of hydrogen-bond donors (Lipinski definition) is 0. The molecule has 0 bridgehead atoms. The van der Waals surface area contributed by atoms with Gasteiger partial charge in [-0.3, -0.25) is 9.69 Å². The lowest BCUT2D eigenvalue weighted by Gasteiger charge is -2.27. The molecule has 0 spiro atoms. The number of ketones is 1. The van der Waals surface area contributed by atoms with Crippen LogP contribution in [0.4, 0.5) is 4.39 Å². The minimum Gasteiger partial charge on any atom is -0.300 e. The number of alkyl halides is 1. The van der Waals surface area contributed by atoms with E-state index in [0.717, 1.165) is 25.9 Å². The summed E-state index contributed by atoms with van der Waals surface area (Å²) >= 11 is 0. The van der Waals surface area contributed by atoms with E-state index in [1.165, 1.54) is 0 Å². The first-order valence-electron chi connectivity index (χ1n) is 4.63. The number of hydrogen-bond acceptors (Lipinski definition) is 2. The van der Waals surface area contributed by atoms with E-state index in [2.05, 4.69) is 6.92 Å². The molecule has 2 nitrogen and oxygen atoms in total. The van der Waals surface area contributed by atoms with Crippen molar-refractivity contribution in [1.82, 2.24) is 4.90 Å². The molecule has 1 aliphatic heterocycles. The molecule has 0 aliphatic carbocycles. The van der Waals surface area contributed by atoms with Gasteiger partial charge in [0.25, 0.3) is 0 Å². The number of Topliss-reactive ketones (excluding diaryl/α,β-unsaturated/α-hetero) is 1. The van der Waals surface area contributed by atoms with Gasteiger partial charge in [-0.2, -0.15) is 0 Å². The van der Waals surface area contributed by atoms with Gasteiger partial charge in [0.1, 0.15) is 0 Å². The zero-order valence-corrected chi connectivity index (χ0v) is 7.55. The Balaban J connectivity index is 2.25. The summed E-state index contributed by atoms with van der Waals surface area (Å²) in [5.74, 6) is -0.220. The van der Waals surface area contributed by atoms with Gasteiger partial charge in [-0.1, -0.05) is 13.3 Å². The molecule has 0 N–H and O–H groups in total. The topological polar surface area (TPSA) is 20.3 Å². The third kappa shape index (κ3) is 2.55. The lowest BCUT2D eigenvalue weighted by Crippen LogP contribution is -2.42. The van der Waals surface area contributed by atoms with Crippen molar-refractivity contribution in [3.05, 3.63) is 0 Å². The number of piperidine rings is 1. The van der Waals surface area contributed by atoms with Gasteiger partial charge in [-0.25, -0.2) is 4.39 Å². The SMILES string of the molecule is CCCCN1CCC(=O)C(F)C1. The fraction of sp³-hybridized carbons (Fsp3) is 0.889. The maximum Gasteiger partial charge on any atom is 0.171 e. The van der Waals surface area contributed by atoms with Crippen LogP contribution in [0.3, 0.4) is 0 Å². The molecule has 12 heavy (non-hydrogen) atoms. The quantitative estimate of drug-likeness (QED) is 0.643. The average Bonchev–Trinajstić information content (AvgIpc) is 2.07. The van der Waals surface area contributed by atoms with Crippen LogP contribution in [0, 0.1) is 0 Å². The van der Waals surface area contributed by atoms with E-state index < -0.39 is 6.17 Å². The highest BCUT2D eigenvalue weighted by molar-refractivity contribution is 5.84. The van der Waals surface area contributed by atoms with Crippen molar-refractivity contribution in [3.8, 4) is 0 Å². The van der Waals surface area contributed by atoms with Crippen molar-refractivity contribution in [2.24, 2.45) is 0 Å². The highest BCUT2D eigenvalue weighted by Crippen LogP contribution is 2.10. The average molecular weight is 173 g/mol. The summed E-state index contributed by atoms with van der Waals surface area (Å²) in [5, 5.41) is 0. The molecule has 0 amide bonds. The van der Waals surface area contributed by atoms with E-state index in [1.807, 2.05) is 4.90 Å². The Hall–Kier alpha value is -0.440. The number of likely N-dealkylation sites (tertiary alicyclic amines) is 1. The normalized spacial score (nSPS) is 26.2. The standard InChI is InChI=1S/C9H16FNO/c1-2-3-5-11-6-4-9(12)8(10)7-11/h8H,2-7H2,1H3. The Labute approximate surface area is 72.7 Å². The first-order chi connectivity index (χ1) is 5.74. The van der Waals surface area contributed by atoms with E-state index in [0.29, 0.717) is 13.0 Å². The Morgan fingerprint density at radius 3 is 3.00 bits per heavy atom. The van der Waals surface area contributed by atoms with Gasteiger partial charge in [0.15, 0.2) is 12.0 Å². The van der Waals surface area contributed by atoms with Crippen LogP contribution in [0.25, 0.3) is 0 Å². The summed E-state index contributed by atoms with van der Waals surface area (Å²) in [6, 6.07) is 0. The highest BCUT2D eigenvalue weighted by atomic mass is 19.1. The molecule has 70 valence electrons. The molecule has 1 unspecified atom stereocenters. The third-order valence-corrected chi connectivity index (χ3v) is 2.27. The van der Waals surface area contributed by atoms with Crippen molar-refractivity contribution in [3.63, 3.8) is 0 Å². The first kappa shape index (κ1) is 9.65. The monoisotopic (exact) mass is 173 g/mol. The summed E-state index contributed by atoms with van der Waals surface area (Å²) in [7, 11) is 0. The zero-order chi connectivity index (χ0) is 8.97. The van der Waals surface area contributed by atoms with Gasteiger partial charge in [0.05, 0.1) is 0 Å². The van der Waals surface area contributed by atoms with E-state index in [9.17, 15) is 9.18 Å². The smallest absolute Gasteiger partial charge is 0.171 e. The van der Waals surface area contributed by atoms with E-state index in [4.69, 9.17) is 0 Å². The van der Waals surface area contributed by atoms with Gasteiger partial charge in [-0.15, -0.1) is 0 Å². The Kier molecular flexibility index (Phi) is 3.66. The summed E-state index contributed by atoms with van der Waals surface area (Å²) in [6.07, 6.45) is 1.39. The van der Waals surface area contributed by atoms with Crippen molar-refractivity contribution in [2.45, 2.75) is 32.4 Å². The lowest BCUT2D eigenvalue weighted by molar-refractivity contribution is -0.127. The van der Waals surface area contributed by atoms with Crippen LogP contribution in [-0.4, -0.2) is 36.5 Å². The van der Waals surface area contributed by atoms with Crippen molar-refractivity contribution >= 4 is 5.78 Å². The molecule has 1 rings (SSSR count). The van der Waals surface area contributed by atoms with E-state index >= 15 is 0 Å². The summed E-state index contributed by atoms with van der Waals surface area (Å²) < 4.78 is 12.9. The minimum absolute atomic E-state index is 0.220. The summed E-state index contributed by atoms with van der Waals surface area (Å²) in [5.41, 5.74) is 0. The molecule has 1 aliphatic rings. The molecule has 0 aromatic carbocycles. The number of nitrogens with zero attached hydrogens (tertiary/aromatic N) is 1. The van der Waals surface area contributed by atoms with Crippen molar-refractivity contribution < 1.29 is 9.18 Å². The number of carbonyl (C=O) groups is 1. The Bertz CT molecular complexity index is 161. The fourth-order valence-electron chi connectivity index (χ4n) is 1.43. The summed E-state index contributed by atoms with van der Waals surface area (Å²) in [4.78, 5) is 12.8. The van der Waals surface area contributed by atoms with Gasteiger partial charge in [0, 0.05) is 19.5 Å². The second kappa shape index (κ2) is 4.55. The predicted octanol–water partition coefficient (Wildman–Crippen LogP) is 1.40. The number of carbonyl (C=O) groups excluding carboxylic acids is 1. The fourth-order valence-corrected chi connectivity index (χ4v) is 1.43. The largest absolute Gasteiger partial charge is 0.300 e. The second-order valence-electron chi connectivity index (χ2n) is 3.34. The molecule has 1 heterocycles. The number of unbranched alkanes of at least 4 members (excludes halogenated alkanes) is 1. The van der Waals surface area contributed by atoms with Crippen LogP contribution in [-0.2, 0) is 4.79 Å². The Morgan fingerprint density at radius 1 is 1.67 bits per heavy atom. The van der Waals surface area contributed by atoms with Crippen LogP contribution in [0.1, 0.15) is 26.2 Å². The van der Waals surface area contributed by atoms with Crippen molar-refractivity contribution in [1.29, 1.82) is 0 Å². The molecular weight excluding hydrogens is 157 g/mol. The Morgan fingerprint density at radius 2 is 2.42 bits per heavy atom. The van der Waals surface area contributed by atoms with Gasteiger partial charge >= 0.3 is 0 Å². The lowest BCUT2D eigenvalue weighted by atomic mass is 10.1. The molecule has 1 atom stereocenters. The first-order valence-corrected chi connectivity index (χ1v) is 4.63. The number of rotatable bonds is 3. The zero-order valence-electron chi connectivity index (χ0n) is 7.55. The van der Waals surface area contributed by atoms with Gasteiger partial charge in [0.2, 0.25) is 0 Å². The molecule has 0 radical (unpaired) electrons. The molecule has 0 saturated carbocycles. The van der Waals surface area contributed by atoms with Crippen LogP contribution >= 0.6 is 0 Å². The van der Waals surface area contributed by atoms with Gasteiger partial charge < -0.3 is 0 Å². The van der Waals surface area contributed by atoms with Crippen LogP contribution in [0.2, 0.25) is 0 Å². The van der Waals surface area contributed by atoms with Gasteiger partial charge in [-0.05, 0) is 13.0 Å². The van der Waals surface area contributed by atoms with E-state index in [1.54, 1.807) is 0 Å². The number of halogens is 1. The van der Waals surface area contributed by atoms with Crippen LogP contribution < -0.4 is 0 Å². The van der Waals surface area contributed by atoms with Crippen LogP contribution in [0.15, 0.2) is 0 Å². The molecule has 0 aromatic heterocycles. The molecule has 1 saturated heterocycles. The second-order valence-corrected chi connectivity index (χ2v) is 3.34. The van der Waals surface area contributed by atoms with Crippen molar-refractivity contribution in [2.75, 3.05) is 19.6 Å². The minimum atomic E-state index is -1.23.